The van der Waals surface area contributed by atoms with Gasteiger partial charge in [-0.25, -0.2) is 12.8 Å². The van der Waals surface area contributed by atoms with Crippen molar-refractivity contribution in [3.8, 4) is 0 Å². The molecule has 0 saturated carbocycles. The lowest BCUT2D eigenvalue weighted by Gasteiger charge is -2.11. The molecule has 116 valence electrons. The fourth-order valence-electron chi connectivity index (χ4n) is 1.64. The van der Waals surface area contributed by atoms with Crippen molar-refractivity contribution in [1.82, 2.24) is 0 Å². The molecule has 1 aromatic carbocycles. The average molecular weight is 319 g/mol. The van der Waals surface area contributed by atoms with E-state index >= 15 is 0 Å². The van der Waals surface area contributed by atoms with Gasteiger partial charge < -0.3 is 4.74 Å². The molecule has 0 aliphatic carbocycles. The first-order valence-corrected chi connectivity index (χ1v) is 7.59. The number of rotatable bonds is 6. The minimum Gasteiger partial charge on any atom is -0.469 e. The lowest BCUT2D eigenvalue weighted by molar-refractivity contribution is -0.385. The van der Waals surface area contributed by atoms with Gasteiger partial charge in [0.15, 0.2) is 9.84 Å². The van der Waals surface area contributed by atoms with Gasteiger partial charge in [0, 0.05) is 6.07 Å². The van der Waals surface area contributed by atoms with Gasteiger partial charge in [-0.15, -0.1) is 0 Å². The van der Waals surface area contributed by atoms with Crippen LogP contribution in [0.1, 0.15) is 18.9 Å². The second kappa shape index (κ2) is 6.61. The Hall–Kier alpha value is -2.03. The van der Waals surface area contributed by atoms with Crippen LogP contribution in [0, 0.1) is 15.9 Å². The van der Waals surface area contributed by atoms with Crippen molar-refractivity contribution in [2.45, 2.75) is 24.3 Å². The van der Waals surface area contributed by atoms with E-state index in [0.29, 0.717) is 6.07 Å². The van der Waals surface area contributed by atoms with Crippen molar-refractivity contribution in [2.75, 3.05) is 7.11 Å². The molecule has 0 aliphatic rings. The predicted molar refractivity (Wildman–Crippen MR) is 71.8 cm³/mol. The molecular weight excluding hydrogens is 305 g/mol. The van der Waals surface area contributed by atoms with Gasteiger partial charge in [0.2, 0.25) is 0 Å². The molecule has 1 rings (SSSR count). The molecule has 0 saturated heterocycles. The number of carbonyl (C=O) groups is 1. The van der Waals surface area contributed by atoms with Gasteiger partial charge >= 0.3 is 5.97 Å². The summed E-state index contributed by atoms with van der Waals surface area (Å²) < 4.78 is 41.7. The lowest BCUT2D eigenvalue weighted by Crippen LogP contribution is -2.23. The third-order valence-electron chi connectivity index (χ3n) is 2.82. The Balaban J connectivity index is 2.98. The van der Waals surface area contributed by atoms with E-state index in [9.17, 15) is 27.7 Å². The first kappa shape index (κ1) is 17.0. The van der Waals surface area contributed by atoms with Crippen molar-refractivity contribution in [3.63, 3.8) is 0 Å². The molecule has 0 heterocycles. The van der Waals surface area contributed by atoms with Crippen LogP contribution in [0.15, 0.2) is 18.2 Å². The van der Waals surface area contributed by atoms with Crippen molar-refractivity contribution in [2.24, 2.45) is 0 Å². The highest BCUT2D eigenvalue weighted by molar-refractivity contribution is 7.91. The van der Waals surface area contributed by atoms with Crippen LogP contribution in [0.3, 0.4) is 0 Å². The number of hydrogen-bond donors (Lipinski definition) is 0. The lowest BCUT2D eigenvalue weighted by atomic mass is 10.2. The van der Waals surface area contributed by atoms with E-state index in [0.717, 1.165) is 19.2 Å². The SMILES string of the molecule is COC(=O)CC(C)S(=O)(=O)Cc1cc(F)cc([N+](=O)[O-])c1. The maximum absolute atomic E-state index is 13.3. The van der Waals surface area contributed by atoms with E-state index < -0.39 is 43.2 Å². The van der Waals surface area contributed by atoms with Gasteiger partial charge in [-0.05, 0) is 18.6 Å². The topological polar surface area (TPSA) is 104 Å². The maximum Gasteiger partial charge on any atom is 0.306 e. The van der Waals surface area contributed by atoms with Crippen LogP contribution in [0.2, 0.25) is 0 Å². The van der Waals surface area contributed by atoms with Crippen molar-refractivity contribution < 1.29 is 27.3 Å². The Kier molecular flexibility index (Phi) is 5.36. The van der Waals surface area contributed by atoms with E-state index in [1.807, 2.05) is 0 Å². The minimum atomic E-state index is -3.77. The van der Waals surface area contributed by atoms with E-state index in [1.165, 1.54) is 6.92 Å². The summed E-state index contributed by atoms with van der Waals surface area (Å²) in [7, 11) is -2.63. The van der Waals surface area contributed by atoms with Gasteiger partial charge in [-0.2, -0.15) is 0 Å². The first-order valence-electron chi connectivity index (χ1n) is 5.88. The van der Waals surface area contributed by atoms with Crippen LogP contribution in [0.5, 0.6) is 0 Å². The predicted octanol–water partition coefficient (Wildman–Crippen LogP) is 1.60. The highest BCUT2D eigenvalue weighted by atomic mass is 32.2. The molecule has 21 heavy (non-hydrogen) atoms. The third kappa shape index (κ3) is 4.78. The number of nitrogens with zero attached hydrogens (tertiary/aromatic N) is 1. The smallest absolute Gasteiger partial charge is 0.306 e. The van der Waals surface area contributed by atoms with Crippen molar-refractivity contribution in [3.05, 3.63) is 39.7 Å². The quantitative estimate of drug-likeness (QED) is 0.448. The van der Waals surface area contributed by atoms with Crippen LogP contribution in [0.4, 0.5) is 10.1 Å². The monoisotopic (exact) mass is 319 g/mol. The summed E-state index contributed by atoms with van der Waals surface area (Å²) in [6.07, 6.45) is -0.337. The second-order valence-electron chi connectivity index (χ2n) is 4.47. The number of nitro groups is 1. The fraction of sp³-hybridized carbons (Fsp3) is 0.417. The summed E-state index contributed by atoms with van der Waals surface area (Å²) in [5.41, 5.74) is -0.570. The standard InChI is InChI=1S/C12H14FNO6S/c1-8(3-12(15)20-2)21(18,19)7-9-4-10(13)6-11(5-9)14(16)17/h4-6,8H,3,7H2,1-2H3. The van der Waals surface area contributed by atoms with E-state index in [1.54, 1.807) is 0 Å². The normalized spacial score (nSPS) is 12.7. The van der Waals surface area contributed by atoms with Gasteiger partial charge in [-0.1, -0.05) is 0 Å². The molecule has 1 atom stereocenters. The van der Waals surface area contributed by atoms with Crippen LogP contribution in [0.25, 0.3) is 0 Å². The van der Waals surface area contributed by atoms with Gasteiger partial charge in [-0.3, -0.25) is 14.9 Å². The number of non-ortho nitro benzene ring substituents is 1. The average Bonchev–Trinajstić information content (AvgIpc) is 2.36. The van der Waals surface area contributed by atoms with Crippen molar-refractivity contribution in [1.29, 1.82) is 0 Å². The molecule has 0 amide bonds. The summed E-state index contributed by atoms with van der Waals surface area (Å²) in [6.45, 7) is 1.32. The number of benzene rings is 1. The maximum atomic E-state index is 13.3. The Labute approximate surface area is 120 Å². The van der Waals surface area contributed by atoms with E-state index in [4.69, 9.17) is 0 Å². The van der Waals surface area contributed by atoms with Crippen LogP contribution in [-0.4, -0.2) is 31.7 Å². The molecule has 0 fully saturated rings. The van der Waals surface area contributed by atoms with Crippen LogP contribution < -0.4 is 0 Å². The number of methoxy groups -OCH3 is 1. The highest BCUT2D eigenvalue weighted by Gasteiger charge is 2.25. The second-order valence-corrected chi connectivity index (χ2v) is 6.89. The zero-order valence-electron chi connectivity index (χ0n) is 11.4. The molecule has 0 aromatic heterocycles. The van der Waals surface area contributed by atoms with Gasteiger partial charge in [0.05, 0.1) is 35.5 Å². The zero-order chi connectivity index (χ0) is 16.2. The van der Waals surface area contributed by atoms with Crippen LogP contribution >= 0.6 is 0 Å². The molecule has 0 radical (unpaired) electrons. The number of nitro benzene ring substituents is 1. The van der Waals surface area contributed by atoms with Gasteiger partial charge in [0.1, 0.15) is 5.82 Å². The minimum absolute atomic E-state index is 0.0431. The fourth-order valence-corrected chi connectivity index (χ4v) is 2.95. The van der Waals surface area contributed by atoms with Crippen LogP contribution in [-0.2, 0) is 25.1 Å². The van der Waals surface area contributed by atoms with Gasteiger partial charge in [0.25, 0.3) is 5.69 Å². The molecule has 0 spiro atoms. The number of halogens is 1. The molecule has 0 bridgehead atoms. The largest absolute Gasteiger partial charge is 0.469 e. The number of sulfone groups is 1. The molecule has 0 N–H and O–H groups in total. The Morgan fingerprint density at radius 3 is 2.57 bits per heavy atom. The van der Waals surface area contributed by atoms with E-state index in [-0.39, 0.29) is 12.0 Å². The Bertz CT molecular complexity index is 658. The van der Waals surface area contributed by atoms with E-state index in [2.05, 4.69) is 4.74 Å². The molecule has 9 heteroatoms. The molecule has 7 nitrogen and oxygen atoms in total. The Morgan fingerprint density at radius 1 is 1.43 bits per heavy atom. The summed E-state index contributed by atoms with van der Waals surface area (Å²) >= 11 is 0. The summed E-state index contributed by atoms with van der Waals surface area (Å²) in [6, 6.07) is 2.61. The molecular formula is C12H14FNO6S. The summed E-state index contributed by atoms with van der Waals surface area (Å²) in [5.74, 6) is -2.17. The summed E-state index contributed by atoms with van der Waals surface area (Å²) in [5, 5.41) is 9.58. The highest BCUT2D eigenvalue weighted by Crippen LogP contribution is 2.20. The number of carbonyl (C=O) groups excluding carboxylic acids is 1. The number of esters is 1. The molecule has 1 unspecified atom stereocenters. The number of ether oxygens (including phenoxy) is 1. The molecule has 1 aromatic rings. The zero-order valence-corrected chi connectivity index (χ0v) is 12.2. The number of hydrogen-bond acceptors (Lipinski definition) is 6. The molecule has 0 aliphatic heterocycles. The Morgan fingerprint density at radius 2 is 2.05 bits per heavy atom. The third-order valence-corrected chi connectivity index (χ3v) is 4.94. The van der Waals surface area contributed by atoms with Crippen molar-refractivity contribution >= 4 is 21.5 Å². The summed E-state index contributed by atoms with van der Waals surface area (Å²) in [4.78, 5) is 20.9. The first-order chi connectivity index (χ1) is 9.65.